The second-order valence-electron chi connectivity index (χ2n) is 4.01. The van der Waals surface area contributed by atoms with Crippen molar-refractivity contribution >= 4 is 21.4 Å². The van der Waals surface area contributed by atoms with Crippen LogP contribution in [0.2, 0.25) is 0 Å². The van der Waals surface area contributed by atoms with Crippen molar-refractivity contribution in [3.63, 3.8) is 0 Å². The highest BCUT2D eigenvalue weighted by Gasteiger charge is 2.16. The molecular weight excluding hydrogens is 308 g/mol. The van der Waals surface area contributed by atoms with Crippen LogP contribution in [0.5, 0.6) is 0 Å². The number of aliphatic hydroxyl groups excluding tert-OH is 1. The molecule has 0 atom stereocenters. The molecule has 0 saturated carbocycles. The molecule has 0 aliphatic rings. The van der Waals surface area contributed by atoms with Crippen LogP contribution in [-0.4, -0.2) is 13.5 Å². The summed E-state index contributed by atoms with van der Waals surface area (Å²) >= 11 is 0.977. The van der Waals surface area contributed by atoms with Crippen LogP contribution in [-0.2, 0) is 23.2 Å². The summed E-state index contributed by atoms with van der Waals surface area (Å²) in [6, 6.07) is 4.53. The van der Waals surface area contributed by atoms with Crippen molar-refractivity contribution in [2.75, 3.05) is 0 Å². The van der Waals surface area contributed by atoms with Gasteiger partial charge in [-0.15, -0.1) is 11.3 Å². The van der Waals surface area contributed by atoms with E-state index >= 15 is 0 Å². The molecule has 0 fully saturated rings. The number of hydrogen-bond acceptors (Lipinski definition) is 4. The van der Waals surface area contributed by atoms with Crippen molar-refractivity contribution in [2.24, 2.45) is 0 Å². The largest absolute Gasteiger partial charge is 0.392 e. The molecule has 0 aliphatic carbocycles. The van der Waals surface area contributed by atoms with E-state index in [0.29, 0.717) is 11.1 Å². The molecule has 2 N–H and O–H groups in total. The summed E-state index contributed by atoms with van der Waals surface area (Å²) < 4.78 is 52.0. The average Bonchev–Trinajstić information content (AvgIpc) is 2.90. The van der Waals surface area contributed by atoms with E-state index in [4.69, 9.17) is 5.11 Å². The van der Waals surface area contributed by atoms with Gasteiger partial charge in [-0.05, 0) is 34.7 Å². The SMILES string of the molecule is O=S(=O)(NCc1ccc(F)c(F)c1)c1cc(CO)cs1. The minimum atomic E-state index is -3.73. The maximum Gasteiger partial charge on any atom is 0.250 e. The van der Waals surface area contributed by atoms with Crippen LogP contribution in [0.15, 0.2) is 33.9 Å². The number of aliphatic hydroxyl groups is 1. The molecule has 20 heavy (non-hydrogen) atoms. The van der Waals surface area contributed by atoms with Gasteiger partial charge in [0.05, 0.1) is 6.61 Å². The molecule has 0 amide bonds. The molecule has 0 bridgehead atoms. The summed E-state index contributed by atoms with van der Waals surface area (Å²) in [4.78, 5) is 0. The first kappa shape index (κ1) is 15.0. The molecule has 2 rings (SSSR count). The Morgan fingerprint density at radius 1 is 1.15 bits per heavy atom. The van der Waals surface area contributed by atoms with Crippen LogP contribution in [0.25, 0.3) is 0 Å². The molecule has 0 radical (unpaired) electrons. The third kappa shape index (κ3) is 3.40. The van der Waals surface area contributed by atoms with Gasteiger partial charge in [0.25, 0.3) is 0 Å². The van der Waals surface area contributed by atoms with Gasteiger partial charge in [-0.1, -0.05) is 6.07 Å². The van der Waals surface area contributed by atoms with Gasteiger partial charge in [-0.3, -0.25) is 0 Å². The Bertz CT molecular complexity index is 713. The number of rotatable bonds is 5. The van der Waals surface area contributed by atoms with E-state index in [0.717, 1.165) is 23.5 Å². The van der Waals surface area contributed by atoms with Crippen molar-refractivity contribution in [1.29, 1.82) is 0 Å². The van der Waals surface area contributed by atoms with Gasteiger partial charge in [0.15, 0.2) is 11.6 Å². The Hall–Kier alpha value is -1.35. The van der Waals surface area contributed by atoms with Gasteiger partial charge in [0, 0.05) is 6.54 Å². The standard InChI is InChI=1S/C12H11F2NO3S2/c13-10-2-1-8(3-11(10)14)5-15-20(17,18)12-4-9(6-16)7-19-12/h1-4,7,15-16H,5-6H2. The zero-order valence-corrected chi connectivity index (χ0v) is 11.8. The summed E-state index contributed by atoms with van der Waals surface area (Å²) in [6.45, 7) is -0.388. The van der Waals surface area contributed by atoms with Gasteiger partial charge in [0.2, 0.25) is 10.0 Å². The summed E-state index contributed by atoms with van der Waals surface area (Å²) in [5.74, 6) is -2.01. The predicted octanol–water partition coefficient (Wildman–Crippen LogP) is 2.00. The first-order valence-electron chi connectivity index (χ1n) is 5.54. The number of halogens is 2. The van der Waals surface area contributed by atoms with Gasteiger partial charge in [-0.2, -0.15) is 0 Å². The highest BCUT2D eigenvalue weighted by molar-refractivity contribution is 7.91. The number of thiophene rings is 1. The summed E-state index contributed by atoms with van der Waals surface area (Å²) in [5.41, 5.74) is 0.814. The van der Waals surface area contributed by atoms with Gasteiger partial charge in [0.1, 0.15) is 4.21 Å². The summed E-state index contributed by atoms with van der Waals surface area (Å²) in [5, 5.41) is 10.4. The van der Waals surface area contributed by atoms with Gasteiger partial charge in [-0.25, -0.2) is 21.9 Å². The Balaban J connectivity index is 2.10. The summed E-state index contributed by atoms with van der Waals surface area (Å²) in [7, 11) is -3.73. The van der Waals surface area contributed by atoms with E-state index in [9.17, 15) is 17.2 Å². The Kier molecular flexibility index (Phi) is 4.48. The minimum Gasteiger partial charge on any atom is -0.392 e. The molecule has 8 heteroatoms. The maximum atomic E-state index is 13.0. The second kappa shape index (κ2) is 5.96. The Morgan fingerprint density at radius 3 is 2.50 bits per heavy atom. The molecule has 1 aromatic carbocycles. The van der Waals surface area contributed by atoms with E-state index < -0.39 is 21.7 Å². The normalized spacial score (nSPS) is 11.8. The number of sulfonamides is 1. The van der Waals surface area contributed by atoms with Crippen molar-refractivity contribution in [2.45, 2.75) is 17.4 Å². The molecule has 108 valence electrons. The van der Waals surface area contributed by atoms with Crippen LogP contribution < -0.4 is 4.72 Å². The Labute approximate surface area is 118 Å². The first-order valence-corrected chi connectivity index (χ1v) is 7.90. The lowest BCUT2D eigenvalue weighted by atomic mass is 10.2. The quantitative estimate of drug-likeness (QED) is 0.886. The highest BCUT2D eigenvalue weighted by Crippen LogP contribution is 2.20. The Morgan fingerprint density at radius 2 is 1.90 bits per heavy atom. The van der Waals surface area contributed by atoms with Crippen LogP contribution in [0.3, 0.4) is 0 Å². The zero-order valence-electron chi connectivity index (χ0n) is 10.1. The fraction of sp³-hybridized carbons (Fsp3) is 0.167. The molecule has 0 saturated heterocycles. The smallest absolute Gasteiger partial charge is 0.250 e. The second-order valence-corrected chi connectivity index (χ2v) is 6.91. The topological polar surface area (TPSA) is 66.4 Å². The average molecular weight is 319 g/mol. The summed E-state index contributed by atoms with van der Waals surface area (Å²) in [6.07, 6.45) is 0. The highest BCUT2D eigenvalue weighted by atomic mass is 32.2. The molecule has 2 aromatic rings. The lowest BCUT2D eigenvalue weighted by Crippen LogP contribution is -2.22. The van der Waals surface area contributed by atoms with Crippen molar-refractivity contribution in [3.8, 4) is 0 Å². The van der Waals surface area contributed by atoms with Gasteiger partial charge < -0.3 is 5.11 Å². The zero-order chi connectivity index (χ0) is 14.8. The fourth-order valence-corrected chi connectivity index (χ4v) is 3.74. The fourth-order valence-electron chi connectivity index (χ4n) is 1.48. The van der Waals surface area contributed by atoms with E-state index in [1.54, 1.807) is 0 Å². The van der Waals surface area contributed by atoms with Gasteiger partial charge >= 0.3 is 0 Å². The monoisotopic (exact) mass is 319 g/mol. The lowest BCUT2D eigenvalue weighted by Gasteiger charge is -2.05. The molecular formula is C12H11F2NO3S2. The predicted molar refractivity (Wildman–Crippen MR) is 70.6 cm³/mol. The third-order valence-corrected chi connectivity index (χ3v) is 5.42. The van der Waals surface area contributed by atoms with Crippen molar-refractivity contribution in [1.82, 2.24) is 4.72 Å². The third-order valence-electron chi connectivity index (χ3n) is 2.53. The van der Waals surface area contributed by atoms with Crippen LogP contribution in [0.1, 0.15) is 11.1 Å². The maximum absolute atomic E-state index is 13.0. The van der Waals surface area contributed by atoms with E-state index in [2.05, 4.69) is 4.72 Å². The molecule has 1 aromatic heterocycles. The lowest BCUT2D eigenvalue weighted by molar-refractivity contribution is 0.282. The van der Waals surface area contributed by atoms with Crippen LogP contribution in [0, 0.1) is 11.6 Å². The van der Waals surface area contributed by atoms with Crippen molar-refractivity contribution < 1.29 is 22.3 Å². The molecule has 0 unspecified atom stereocenters. The first-order chi connectivity index (χ1) is 9.42. The van der Waals surface area contributed by atoms with Crippen LogP contribution in [0.4, 0.5) is 8.78 Å². The molecule has 0 aliphatic heterocycles. The number of nitrogens with one attached hydrogen (secondary N) is 1. The van der Waals surface area contributed by atoms with E-state index in [1.165, 1.54) is 17.5 Å². The molecule has 1 heterocycles. The van der Waals surface area contributed by atoms with Crippen LogP contribution >= 0.6 is 11.3 Å². The van der Waals surface area contributed by atoms with Crippen molar-refractivity contribution in [3.05, 3.63) is 52.4 Å². The van der Waals surface area contributed by atoms with E-state index in [-0.39, 0.29) is 17.4 Å². The minimum absolute atomic E-state index is 0.0594. The molecule has 4 nitrogen and oxygen atoms in total. The number of hydrogen-bond donors (Lipinski definition) is 2. The van der Waals surface area contributed by atoms with E-state index in [1.807, 2.05) is 0 Å². The molecule has 0 spiro atoms. The number of benzene rings is 1.